The van der Waals surface area contributed by atoms with Crippen LogP contribution in [0.15, 0.2) is 59.1 Å². The minimum atomic E-state index is -0.0387. The number of methoxy groups -OCH3 is 2. The Balaban J connectivity index is 1.78. The number of hydrogen-bond acceptors (Lipinski definition) is 3. The van der Waals surface area contributed by atoms with Crippen molar-refractivity contribution in [3.05, 3.63) is 70.2 Å². The van der Waals surface area contributed by atoms with Crippen molar-refractivity contribution in [3.8, 4) is 11.5 Å². The number of halogens is 1. The second kappa shape index (κ2) is 7.79. The van der Waals surface area contributed by atoms with E-state index in [0.717, 1.165) is 26.6 Å². The van der Waals surface area contributed by atoms with Gasteiger partial charge in [-0.3, -0.25) is 4.79 Å². The molecule has 0 aromatic heterocycles. The van der Waals surface area contributed by atoms with E-state index in [1.54, 1.807) is 44.4 Å². The molecule has 0 saturated heterocycles. The smallest absolute Gasteiger partial charge is 0.253 e. The fourth-order valence-electron chi connectivity index (χ4n) is 2.86. The van der Waals surface area contributed by atoms with E-state index in [9.17, 15) is 4.79 Å². The highest BCUT2D eigenvalue weighted by molar-refractivity contribution is 9.10. The highest BCUT2D eigenvalue weighted by Gasteiger charge is 2.14. The molecule has 26 heavy (non-hydrogen) atoms. The maximum atomic E-state index is 12.7. The molecule has 0 radical (unpaired) electrons. The summed E-state index contributed by atoms with van der Waals surface area (Å²) in [6, 6.07) is 17.5. The molecular weight excluding hydrogens is 394 g/mol. The van der Waals surface area contributed by atoms with E-state index in [1.807, 2.05) is 24.3 Å². The van der Waals surface area contributed by atoms with Crippen molar-refractivity contribution in [2.75, 3.05) is 21.3 Å². The third-order valence-corrected chi connectivity index (χ3v) is 4.90. The quantitative estimate of drug-likeness (QED) is 0.597. The van der Waals surface area contributed by atoms with E-state index >= 15 is 0 Å². The minimum Gasteiger partial charge on any atom is -0.497 e. The van der Waals surface area contributed by atoms with Crippen LogP contribution in [0.25, 0.3) is 10.8 Å². The molecule has 0 unspecified atom stereocenters. The Hall–Kier alpha value is -2.53. The lowest BCUT2D eigenvalue weighted by molar-refractivity contribution is 0.0785. The van der Waals surface area contributed by atoms with E-state index in [1.165, 1.54) is 0 Å². The van der Waals surface area contributed by atoms with Crippen LogP contribution in [0.4, 0.5) is 0 Å². The number of amides is 1. The molecule has 3 aromatic carbocycles. The van der Waals surface area contributed by atoms with Crippen LogP contribution < -0.4 is 9.47 Å². The monoisotopic (exact) mass is 413 g/mol. The third kappa shape index (κ3) is 3.83. The molecule has 0 spiro atoms. The van der Waals surface area contributed by atoms with Crippen molar-refractivity contribution in [2.45, 2.75) is 6.54 Å². The molecule has 134 valence electrons. The molecule has 0 saturated carbocycles. The van der Waals surface area contributed by atoms with Gasteiger partial charge in [0.25, 0.3) is 5.91 Å². The van der Waals surface area contributed by atoms with E-state index in [4.69, 9.17) is 9.47 Å². The van der Waals surface area contributed by atoms with Crippen LogP contribution in [-0.4, -0.2) is 32.1 Å². The van der Waals surface area contributed by atoms with E-state index in [-0.39, 0.29) is 5.91 Å². The highest BCUT2D eigenvalue weighted by Crippen LogP contribution is 2.26. The first-order valence-corrected chi connectivity index (χ1v) is 8.97. The van der Waals surface area contributed by atoms with Crippen LogP contribution in [0, 0.1) is 0 Å². The van der Waals surface area contributed by atoms with Crippen LogP contribution >= 0.6 is 15.9 Å². The third-order valence-electron chi connectivity index (χ3n) is 4.28. The zero-order valence-electron chi connectivity index (χ0n) is 15.0. The molecular formula is C21H20BrNO3. The number of carbonyl (C=O) groups is 1. The molecule has 5 heteroatoms. The second-order valence-electron chi connectivity index (χ2n) is 6.06. The molecule has 4 nitrogen and oxygen atoms in total. The van der Waals surface area contributed by atoms with Crippen LogP contribution in [0.5, 0.6) is 11.5 Å². The second-order valence-corrected chi connectivity index (χ2v) is 6.91. The lowest BCUT2D eigenvalue weighted by Crippen LogP contribution is -2.26. The molecule has 0 fully saturated rings. The van der Waals surface area contributed by atoms with Gasteiger partial charge in [0.2, 0.25) is 0 Å². The zero-order valence-corrected chi connectivity index (χ0v) is 16.5. The molecule has 0 aliphatic rings. The summed E-state index contributed by atoms with van der Waals surface area (Å²) in [7, 11) is 5.06. The molecule has 0 aliphatic carbocycles. The van der Waals surface area contributed by atoms with Crippen LogP contribution in [0.2, 0.25) is 0 Å². The van der Waals surface area contributed by atoms with E-state index < -0.39 is 0 Å². The Morgan fingerprint density at radius 1 is 0.962 bits per heavy atom. The average Bonchev–Trinajstić information content (AvgIpc) is 2.66. The summed E-state index contributed by atoms with van der Waals surface area (Å²) in [5, 5.41) is 2.23. The summed E-state index contributed by atoms with van der Waals surface area (Å²) in [6.07, 6.45) is 0. The number of nitrogens with zero attached hydrogens (tertiary/aromatic N) is 1. The highest BCUT2D eigenvalue weighted by atomic mass is 79.9. The molecule has 0 heterocycles. The molecule has 0 atom stereocenters. The SMILES string of the molecule is COc1ccc2cc(CN(C)C(=O)c3ccc(OC)c(Br)c3)ccc2c1. The van der Waals surface area contributed by atoms with Gasteiger partial charge in [0, 0.05) is 19.2 Å². The van der Waals surface area contributed by atoms with Crippen molar-refractivity contribution in [1.29, 1.82) is 0 Å². The number of rotatable bonds is 5. The fraction of sp³-hybridized carbons (Fsp3) is 0.190. The molecule has 3 rings (SSSR count). The Morgan fingerprint density at radius 2 is 1.69 bits per heavy atom. The van der Waals surface area contributed by atoms with Gasteiger partial charge < -0.3 is 14.4 Å². The van der Waals surface area contributed by atoms with Gasteiger partial charge >= 0.3 is 0 Å². The normalized spacial score (nSPS) is 10.6. The number of hydrogen-bond donors (Lipinski definition) is 0. The number of fused-ring (bicyclic) bond motifs is 1. The number of benzene rings is 3. The van der Waals surface area contributed by atoms with Crippen molar-refractivity contribution in [1.82, 2.24) is 4.90 Å². The molecule has 3 aromatic rings. The maximum Gasteiger partial charge on any atom is 0.253 e. The average molecular weight is 414 g/mol. The van der Waals surface area contributed by atoms with E-state index in [2.05, 4.69) is 28.1 Å². The van der Waals surface area contributed by atoms with Gasteiger partial charge in [0.1, 0.15) is 11.5 Å². The first-order chi connectivity index (χ1) is 12.5. The summed E-state index contributed by atoms with van der Waals surface area (Å²) in [5.74, 6) is 1.50. The van der Waals surface area contributed by atoms with Crippen LogP contribution in [0.1, 0.15) is 15.9 Å². The Morgan fingerprint density at radius 3 is 2.38 bits per heavy atom. The molecule has 0 N–H and O–H groups in total. The van der Waals surface area contributed by atoms with Gasteiger partial charge in [-0.25, -0.2) is 0 Å². The Kier molecular flexibility index (Phi) is 5.47. The first kappa shape index (κ1) is 18.3. The predicted molar refractivity (Wildman–Crippen MR) is 107 cm³/mol. The van der Waals surface area contributed by atoms with Gasteiger partial charge in [-0.1, -0.05) is 18.2 Å². The summed E-state index contributed by atoms with van der Waals surface area (Å²) >= 11 is 3.42. The van der Waals surface area contributed by atoms with Gasteiger partial charge in [0.15, 0.2) is 0 Å². The molecule has 0 aliphatic heterocycles. The van der Waals surface area contributed by atoms with Crippen LogP contribution in [-0.2, 0) is 6.54 Å². The summed E-state index contributed by atoms with van der Waals surface area (Å²) in [4.78, 5) is 14.4. The first-order valence-electron chi connectivity index (χ1n) is 8.17. The van der Waals surface area contributed by atoms with Crippen molar-refractivity contribution in [3.63, 3.8) is 0 Å². The van der Waals surface area contributed by atoms with Crippen molar-refractivity contribution < 1.29 is 14.3 Å². The number of ether oxygens (including phenoxy) is 2. The maximum absolute atomic E-state index is 12.7. The molecule has 1 amide bonds. The largest absolute Gasteiger partial charge is 0.497 e. The van der Waals surface area contributed by atoms with Gasteiger partial charge in [0.05, 0.1) is 18.7 Å². The standard InChI is InChI=1S/C21H20BrNO3/c1-23(21(24)17-7-9-20(26-3)19(22)12-17)13-14-4-5-16-11-18(25-2)8-6-15(16)10-14/h4-12H,13H2,1-3H3. The summed E-state index contributed by atoms with van der Waals surface area (Å²) < 4.78 is 11.2. The zero-order chi connectivity index (χ0) is 18.7. The van der Waals surface area contributed by atoms with Gasteiger partial charge in [-0.15, -0.1) is 0 Å². The summed E-state index contributed by atoms with van der Waals surface area (Å²) in [6.45, 7) is 0.532. The van der Waals surface area contributed by atoms with Crippen molar-refractivity contribution in [2.24, 2.45) is 0 Å². The summed E-state index contributed by atoms with van der Waals surface area (Å²) in [5.41, 5.74) is 1.69. The topological polar surface area (TPSA) is 38.8 Å². The lowest BCUT2D eigenvalue weighted by atomic mass is 10.1. The fourth-order valence-corrected chi connectivity index (χ4v) is 3.40. The van der Waals surface area contributed by atoms with Crippen LogP contribution in [0.3, 0.4) is 0 Å². The predicted octanol–water partition coefficient (Wildman–Crippen LogP) is 4.89. The van der Waals surface area contributed by atoms with E-state index in [0.29, 0.717) is 17.9 Å². The lowest BCUT2D eigenvalue weighted by Gasteiger charge is -2.18. The Labute approximate surface area is 161 Å². The van der Waals surface area contributed by atoms with Crippen molar-refractivity contribution >= 4 is 32.6 Å². The van der Waals surface area contributed by atoms with Gasteiger partial charge in [-0.05, 0) is 68.7 Å². The van der Waals surface area contributed by atoms with Gasteiger partial charge in [-0.2, -0.15) is 0 Å². The molecule has 0 bridgehead atoms. The Bertz CT molecular complexity index is 955. The number of carbonyl (C=O) groups excluding carboxylic acids is 1. The minimum absolute atomic E-state index is 0.0387.